The lowest BCUT2D eigenvalue weighted by atomic mass is 10.0. The second kappa shape index (κ2) is 14.0. The van der Waals surface area contributed by atoms with Gasteiger partial charge >= 0.3 is 0 Å². The Balaban J connectivity index is 0.000000169. The third kappa shape index (κ3) is 6.75. The quantitative estimate of drug-likeness (QED) is 0.148. The van der Waals surface area contributed by atoms with Crippen molar-refractivity contribution in [2.45, 2.75) is 37.9 Å². The van der Waals surface area contributed by atoms with Gasteiger partial charge in [-0.3, -0.25) is 0 Å². The number of anilines is 4. The van der Waals surface area contributed by atoms with Gasteiger partial charge in [0.1, 0.15) is 0 Å². The van der Waals surface area contributed by atoms with E-state index in [2.05, 4.69) is 92.6 Å². The van der Waals surface area contributed by atoms with Gasteiger partial charge in [-0.2, -0.15) is 0 Å². The van der Waals surface area contributed by atoms with Gasteiger partial charge in [-0.15, -0.1) is 0 Å². The molecule has 2 unspecified atom stereocenters. The summed E-state index contributed by atoms with van der Waals surface area (Å²) >= 11 is 0. The predicted molar refractivity (Wildman–Crippen MR) is 170 cm³/mol. The summed E-state index contributed by atoms with van der Waals surface area (Å²) in [6.07, 6.45) is 2.81. The van der Waals surface area contributed by atoms with Crippen LogP contribution >= 0.6 is 0 Å². The first-order valence-corrected chi connectivity index (χ1v) is 14.5. The number of aliphatic hydroxyl groups excluding tert-OH is 2. The molecule has 2 heterocycles. The minimum atomic E-state index is -0.699. The summed E-state index contributed by atoms with van der Waals surface area (Å²) in [6.45, 7) is 1.30. The number of aliphatic hydroxyl groups is 2. The Morgan fingerprint density at radius 2 is 0.952 bits per heavy atom. The third-order valence-electron chi connectivity index (χ3n) is 7.87. The van der Waals surface area contributed by atoms with E-state index in [1.54, 1.807) is 0 Å². The van der Waals surface area contributed by atoms with Gasteiger partial charge in [0.15, 0.2) is 0 Å². The summed E-state index contributed by atoms with van der Waals surface area (Å²) in [4.78, 5) is 7.06. The molecule has 4 aromatic carbocycles. The van der Waals surface area contributed by atoms with E-state index in [1.165, 1.54) is 33.6 Å². The summed E-state index contributed by atoms with van der Waals surface area (Å²) in [5, 5.41) is 23.6. The molecule has 0 aliphatic carbocycles. The maximum absolute atomic E-state index is 10.2. The molecule has 0 bridgehead atoms. The predicted octanol–water partition coefficient (Wildman–Crippen LogP) is 5.84. The molecule has 6 rings (SSSR count). The van der Waals surface area contributed by atoms with Gasteiger partial charge < -0.3 is 25.7 Å². The SMILES string of the molecule is NCC(O)CN1c2ccccc2CCc2ccccc21.[N-]=[N+]=NCC(O)CN1c2ccccc2CCc2ccccc21. The van der Waals surface area contributed by atoms with Crippen molar-refractivity contribution in [2.24, 2.45) is 10.8 Å². The number of hydrogen-bond donors (Lipinski definition) is 3. The Labute approximate surface area is 247 Å². The molecule has 8 heteroatoms. The Morgan fingerprint density at radius 1 is 0.619 bits per heavy atom. The Hall–Kier alpha value is -4.33. The van der Waals surface area contributed by atoms with Crippen LogP contribution in [0.15, 0.2) is 102 Å². The number of hydrogen-bond acceptors (Lipinski definition) is 6. The van der Waals surface area contributed by atoms with E-state index >= 15 is 0 Å². The molecule has 2 atom stereocenters. The second-order valence-electron chi connectivity index (χ2n) is 10.7. The molecule has 0 saturated heterocycles. The fourth-order valence-electron chi connectivity index (χ4n) is 5.82. The van der Waals surface area contributed by atoms with Crippen molar-refractivity contribution >= 4 is 22.7 Å². The van der Waals surface area contributed by atoms with Crippen molar-refractivity contribution in [1.29, 1.82) is 0 Å². The molecule has 0 spiro atoms. The fourth-order valence-corrected chi connectivity index (χ4v) is 5.82. The van der Waals surface area contributed by atoms with Crippen LogP contribution in [0.5, 0.6) is 0 Å². The Bertz CT molecular complexity index is 1440. The second-order valence-corrected chi connectivity index (χ2v) is 10.7. The van der Waals surface area contributed by atoms with E-state index in [0.717, 1.165) is 37.1 Å². The number of nitrogens with zero attached hydrogens (tertiary/aromatic N) is 5. The number of rotatable bonds is 7. The first-order chi connectivity index (χ1) is 20.6. The minimum Gasteiger partial charge on any atom is -0.391 e. The molecule has 8 nitrogen and oxygen atoms in total. The maximum atomic E-state index is 10.2. The van der Waals surface area contributed by atoms with E-state index in [-0.39, 0.29) is 13.1 Å². The van der Waals surface area contributed by atoms with E-state index < -0.39 is 12.2 Å². The lowest BCUT2D eigenvalue weighted by Gasteiger charge is -2.28. The number of nitrogens with two attached hydrogens (primary N) is 1. The molecule has 42 heavy (non-hydrogen) atoms. The summed E-state index contributed by atoms with van der Waals surface area (Å²) in [5.74, 6) is 0. The number of azide groups is 1. The van der Waals surface area contributed by atoms with Gasteiger partial charge in [0, 0.05) is 40.8 Å². The van der Waals surface area contributed by atoms with Gasteiger partial charge in [0.05, 0.1) is 25.3 Å². The average Bonchev–Trinajstić information content (AvgIpc) is 3.29. The smallest absolute Gasteiger partial charge is 0.0841 e. The average molecular weight is 563 g/mol. The molecule has 0 radical (unpaired) electrons. The molecule has 216 valence electrons. The summed E-state index contributed by atoms with van der Waals surface area (Å²) in [5.41, 5.74) is 23.8. The van der Waals surface area contributed by atoms with Crippen LogP contribution in [0.1, 0.15) is 22.3 Å². The maximum Gasteiger partial charge on any atom is 0.0841 e. The standard InChI is InChI=1S/C17H18N4O.C17H20N2O/c18-20-19-11-15(22)12-21-16-7-3-1-5-13(16)9-10-14-6-2-4-8-17(14)21;18-11-15(20)12-19-16-7-3-1-5-13(16)9-10-14-6-2-4-8-17(14)19/h1-8,15,22H,9-12H2;1-8,15,20H,9-12,18H2. The molecule has 2 aliphatic rings. The first kappa shape index (κ1) is 29.2. The highest BCUT2D eigenvalue weighted by Crippen LogP contribution is 2.37. The molecule has 4 aromatic rings. The summed E-state index contributed by atoms with van der Waals surface area (Å²) < 4.78 is 0. The lowest BCUT2D eigenvalue weighted by molar-refractivity contribution is 0.190. The lowest BCUT2D eigenvalue weighted by Crippen LogP contribution is -2.34. The van der Waals surface area contributed by atoms with Crippen molar-refractivity contribution in [3.05, 3.63) is 130 Å². The zero-order valence-electron chi connectivity index (χ0n) is 23.8. The van der Waals surface area contributed by atoms with Crippen LogP contribution in [0, 0.1) is 0 Å². The van der Waals surface area contributed by atoms with Crippen molar-refractivity contribution in [3.63, 3.8) is 0 Å². The van der Waals surface area contributed by atoms with Crippen LogP contribution in [-0.4, -0.2) is 48.6 Å². The van der Waals surface area contributed by atoms with Crippen molar-refractivity contribution in [1.82, 2.24) is 0 Å². The van der Waals surface area contributed by atoms with Crippen LogP contribution in [-0.2, 0) is 25.7 Å². The molecular formula is C34H38N6O2. The van der Waals surface area contributed by atoms with E-state index in [4.69, 9.17) is 11.3 Å². The molecule has 0 saturated carbocycles. The third-order valence-corrected chi connectivity index (χ3v) is 7.87. The van der Waals surface area contributed by atoms with Gasteiger partial charge in [0.2, 0.25) is 0 Å². The first-order valence-electron chi connectivity index (χ1n) is 14.5. The van der Waals surface area contributed by atoms with Gasteiger partial charge in [-0.05, 0) is 77.7 Å². The highest BCUT2D eigenvalue weighted by Gasteiger charge is 2.23. The highest BCUT2D eigenvalue weighted by atomic mass is 16.3. The number of fused-ring (bicyclic) bond motifs is 4. The molecule has 4 N–H and O–H groups in total. The largest absolute Gasteiger partial charge is 0.391 e. The highest BCUT2D eigenvalue weighted by molar-refractivity contribution is 5.72. The molecule has 0 amide bonds. The monoisotopic (exact) mass is 562 g/mol. The summed E-state index contributed by atoms with van der Waals surface area (Å²) in [7, 11) is 0. The van der Waals surface area contributed by atoms with Gasteiger partial charge in [0.25, 0.3) is 0 Å². The van der Waals surface area contributed by atoms with Crippen LogP contribution in [0.2, 0.25) is 0 Å². The molecule has 2 aliphatic heterocycles. The number of aryl methyl sites for hydroxylation is 4. The molecule has 0 fully saturated rings. The van der Waals surface area contributed by atoms with Crippen LogP contribution in [0.25, 0.3) is 10.4 Å². The Morgan fingerprint density at radius 3 is 1.29 bits per heavy atom. The summed E-state index contributed by atoms with van der Waals surface area (Å²) in [6, 6.07) is 33.4. The van der Waals surface area contributed by atoms with Gasteiger partial charge in [-0.25, -0.2) is 0 Å². The van der Waals surface area contributed by atoms with Gasteiger partial charge in [-0.1, -0.05) is 77.9 Å². The van der Waals surface area contributed by atoms with E-state index in [1.807, 2.05) is 24.3 Å². The zero-order valence-corrected chi connectivity index (χ0v) is 23.8. The molecular weight excluding hydrogens is 524 g/mol. The number of para-hydroxylation sites is 4. The molecule has 0 aromatic heterocycles. The normalized spacial score (nSPS) is 14.7. The van der Waals surface area contributed by atoms with Crippen LogP contribution in [0.4, 0.5) is 22.7 Å². The Kier molecular flexibility index (Phi) is 9.74. The topological polar surface area (TPSA) is 122 Å². The fraction of sp³-hybridized carbons (Fsp3) is 0.294. The van der Waals surface area contributed by atoms with Crippen molar-refractivity contribution in [3.8, 4) is 0 Å². The number of β-amino-alcohol motifs (C(OH)–C–C–N with tert-alkyl or cyclic N) is 2. The van der Waals surface area contributed by atoms with Crippen molar-refractivity contribution < 1.29 is 10.2 Å². The zero-order chi connectivity index (χ0) is 29.3. The number of benzene rings is 4. The van der Waals surface area contributed by atoms with Crippen LogP contribution in [0.3, 0.4) is 0 Å². The van der Waals surface area contributed by atoms with Crippen LogP contribution < -0.4 is 15.5 Å². The van der Waals surface area contributed by atoms with E-state index in [0.29, 0.717) is 13.1 Å². The van der Waals surface area contributed by atoms with Crippen molar-refractivity contribution in [2.75, 3.05) is 36.0 Å². The van der Waals surface area contributed by atoms with E-state index in [9.17, 15) is 10.2 Å². The minimum absolute atomic E-state index is 0.0807.